The summed E-state index contributed by atoms with van der Waals surface area (Å²) in [7, 11) is 1.65. The molecular weight excluding hydrogens is 492 g/mol. The summed E-state index contributed by atoms with van der Waals surface area (Å²) in [6.45, 7) is 0. The smallest absolute Gasteiger partial charge is 0.295 e. The van der Waals surface area contributed by atoms with Crippen molar-refractivity contribution in [2.24, 2.45) is 5.10 Å². The second kappa shape index (κ2) is 11.3. The van der Waals surface area contributed by atoms with Crippen LogP contribution in [0, 0.1) is 10.1 Å². The highest BCUT2D eigenvalue weighted by Crippen LogP contribution is 2.39. The molecule has 190 valence electrons. The summed E-state index contributed by atoms with van der Waals surface area (Å²) in [5.74, 6) is 1.45. The zero-order chi connectivity index (χ0) is 26.3. The Morgan fingerprint density at radius 3 is 2.19 bits per heavy atom. The van der Waals surface area contributed by atoms with Crippen molar-refractivity contribution in [3.05, 3.63) is 70.3 Å². The summed E-state index contributed by atoms with van der Waals surface area (Å²) in [5.41, 5.74) is 2.76. The maximum absolute atomic E-state index is 12.9. The Kier molecular flexibility index (Phi) is 8.17. The molecule has 0 unspecified atom stereocenters. The SMILES string of the molecule is COc1ccccc1NS(=O)(=O)c1ccc(N/N=C\c2ccc(OC)c(OC)c2OC)c([N+](=O)[O-])c1. The van der Waals surface area contributed by atoms with Gasteiger partial charge in [0.15, 0.2) is 11.5 Å². The Morgan fingerprint density at radius 1 is 0.861 bits per heavy atom. The van der Waals surface area contributed by atoms with E-state index in [-0.39, 0.29) is 16.3 Å². The predicted octanol–water partition coefficient (Wildman–Crippen LogP) is 3.88. The standard InChI is InChI=1S/C23H24N4O8S/c1-32-20-8-6-5-7-18(20)26-36(30,31)16-10-11-17(19(13-16)27(28)29)25-24-14-15-9-12-21(33-2)23(35-4)22(15)34-3/h5-14,25-26H,1-4H3/b24-14-. The third-order valence-electron chi connectivity index (χ3n) is 4.95. The molecule has 0 spiro atoms. The molecule has 0 aliphatic heterocycles. The average Bonchev–Trinajstić information content (AvgIpc) is 2.88. The van der Waals surface area contributed by atoms with Crippen LogP contribution in [0.4, 0.5) is 17.1 Å². The molecule has 0 saturated heterocycles. The van der Waals surface area contributed by atoms with E-state index < -0.39 is 20.6 Å². The Bertz CT molecular complexity index is 1390. The highest BCUT2D eigenvalue weighted by Gasteiger charge is 2.23. The van der Waals surface area contributed by atoms with E-state index in [1.54, 1.807) is 30.3 Å². The average molecular weight is 517 g/mol. The van der Waals surface area contributed by atoms with E-state index in [1.165, 1.54) is 52.9 Å². The minimum atomic E-state index is -4.15. The zero-order valence-corrected chi connectivity index (χ0v) is 20.7. The van der Waals surface area contributed by atoms with Gasteiger partial charge in [0.2, 0.25) is 5.75 Å². The van der Waals surface area contributed by atoms with Gasteiger partial charge in [-0.25, -0.2) is 8.42 Å². The molecular formula is C23H24N4O8S. The van der Waals surface area contributed by atoms with Crippen LogP contribution in [0.25, 0.3) is 0 Å². The molecule has 0 heterocycles. The van der Waals surface area contributed by atoms with Crippen molar-refractivity contribution in [2.75, 3.05) is 38.6 Å². The van der Waals surface area contributed by atoms with Gasteiger partial charge in [0.1, 0.15) is 11.4 Å². The molecule has 12 nitrogen and oxygen atoms in total. The van der Waals surface area contributed by atoms with Crippen molar-refractivity contribution in [1.82, 2.24) is 0 Å². The van der Waals surface area contributed by atoms with Gasteiger partial charge in [0.05, 0.1) is 50.2 Å². The normalized spacial score (nSPS) is 11.1. The minimum Gasteiger partial charge on any atom is -0.495 e. The number of hydrogen-bond donors (Lipinski definition) is 2. The second-order valence-electron chi connectivity index (χ2n) is 7.04. The number of nitrogens with zero attached hydrogens (tertiary/aromatic N) is 2. The maximum atomic E-state index is 12.9. The molecule has 0 bridgehead atoms. The summed E-state index contributed by atoms with van der Waals surface area (Å²) in [4.78, 5) is 10.7. The lowest BCUT2D eigenvalue weighted by Gasteiger charge is -2.13. The number of ether oxygens (including phenoxy) is 4. The lowest BCUT2D eigenvalue weighted by molar-refractivity contribution is -0.384. The van der Waals surface area contributed by atoms with Crippen LogP contribution in [0.5, 0.6) is 23.0 Å². The van der Waals surface area contributed by atoms with Crippen LogP contribution in [0.3, 0.4) is 0 Å². The van der Waals surface area contributed by atoms with Crippen LogP contribution >= 0.6 is 0 Å². The molecule has 0 aliphatic rings. The van der Waals surface area contributed by atoms with Gasteiger partial charge in [0.25, 0.3) is 15.7 Å². The van der Waals surface area contributed by atoms with Gasteiger partial charge < -0.3 is 18.9 Å². The fraction of sp³-hybridized carbons (Fsp3) is 0.174. The van der Waals surface area contributed by atoms with E-state index in [1.807, 2.05) is 0 Å². The molecule has 3 rings (SSSR count). The van der Waals surface area contributed by atoms with Crippen molar-refractivity contribution < 1.29 is 32.3 Å². The number of hydrogen-bond acceptors (Lipinski definition) is 10. The van der Waals surface area contributed by atoms with Gasteiger partial charge in [-0.15, -0.1) is 0 Å². The van der Waals surface area contributed by atoms with Crippen molar-refractivity contribution in [2.45, 2.75) is 4.90 Å². The van der Waals surface area contributed by atoms with E-state index >= 15 is 0 Å². The van der Waals surface area contributed by atoms with E-state index in [2.05, 4.69) is 15.2 Å². The van der Waals surface area contributed by atoms with E-state index in [4.69, 9.17) is 18.9 Å². The number of hydrazone groups is 1. The van der Waals surface area contributed by atoms with Gasteiger partial charge in [-0.05, 0) is 36.4 Å². The Morgan fingerprint density at radius 2 is 1.56 bits per heavy atom. The summed E-state index contributed by atoms with van der Waals surface area (Å²) in [6, 6.07) is 13.1. The van der Waals surface area contributed by atoms with Gasteiger partial charge in [0, 0.05) is 11.6 Å². The van der Waals surface area contributed by atoms with Gasteiger partial charge in [-0.2, -0.15) is 5.10 Å². The monoisotopic (exact) mass is 516 g/mol. The molecule has 13 heteroatoms. The minimum absolute atomic E-state index is 0.0214. The molecule has 0 aromatic heterocycles. The summed E-state index contributed by atoms with van der Waals surface area (Å²) < 4.78 is 49.2. The second-order valence-corrected chi connectivity index (χ2v) is 8.72. The van der Waals surface area contributed by atoms with Gasteiger partial charge in [-0.3, -0.25) is 20.3 Å². The van der Waals surface area contributed by atoms with Crippen molar-refractivity contribution in [1.29, 1.82) is 0 Å². The lowest BCUT2D eigenvalue weighted by atomic mass is 10.2. The largest absolute Gasteiger partial charge is 0.495 e. The highest BCUT2D eigenvalue weighted by molar-refractivity contribution is 7.92. The first-order chi connectivity index (χ1) is 17.2. The van der Waals surface area contributed by atoms with Gasteiger partial charge >= 0.3 is 0 Å². The van der Waals surface area contributed by atoms with Gasteiger partial charge in [-0.1, -0.05) is 12.1 Å². The quantitative estimate of drug-likeness (QED) is 0.220. The summed E-state index contributed by atoms with van der Waals surface area (Å²) in [6.07, 6.45) is 1.37. The first kappa shape index (κ1) is 26.1. The number of nitrogens with one attached hydrogen (secondary N) is 2. The lowest BCUT2D eigenvalue weighted by Crippen LogP contribution is -2.14. The third kappa shape index (κ3) is 5.58. The van der Waals surface area contributed by atoms with Crippen LogP contribution in [-0.4, -0.2) is 48.0 Å². The predicted molar refractivity (Wildman–Crippen MR) is 134 cm³/mol. The molecule has 2 N–H and O–H groups in total. The molecule has 0 atom stereocenters. The molecule has 0 saturated carbocycles. The third-order valence-corrected chi connectivity index (χ3v) is 6.31. The molecule has 3 aromatic carbocycles. The Balaban J connectivity index is 1.89. The first-order valence-corrected chi connectivity index (χ1v) is 11.8. The number of nitro benzene ring substituents is 1. The Labute approximate surface area is 207 Å². The van der Waals surface area contributed by atoms with E-state index in [0.717, 1.165) is 6.07 Å². The number of benzene rings is 3. The van der Waals surface area contributed by atoms with E-state index in [0.29, 0.717) is 28.6 Å². The number of anilines is 2. The van der Waals surface area contributed by atoms with Crippen LogP contribution in [0.15, 0.2) is 64.6 Å². The topological polar surface area (TPSA) is 151 Å². The molecule has 0 fully saturated rings. The number of methoxy groups -OCH3 is 4. The molecule has 36 heavy (non-hydrogen) atoms. The van der Waals surface area contributed by atoms with Crippen LogP contribution in [-0.2, 0) is 10.0 Å². The van der Waals surface area contributed by atoms with E-state index in [9.17, 15) is 18.5 Å². The van der Waals surface area contributed by atoms with Crippen LogP contribution in [0.1, 0.15) is 5.56 Å². The molecule has 3 aromatic rings. The fourth-order valence-corrected chi connectivity index (χ4v) is 4.34. The fourth-order valence-electron chi connectivity index (χ4n) is 3.25. The first-order valence-electron chi connectivity index (χ1n) is 10.3. The van der Waals surface area contributed by atoms with Crippen LogP contribution in [0.2, 0.25) is 0 Å². The van der Waals surface area contributed by atoms with Crippen molar-refractivity contribution in [3.63, 3.8) is 0 Å². The number of para-hydroxylation sites is 2. The van der Waals surface area contributed by atoms with Crippen molar-refractivity contribution >= 4 is 33.3 Å². The summed E-state index contributed by atoms with van der Waals surface area (Å²) >= 11 is 0. The Hall–Kier alpha value is -4.52. The van der Waals surface area contributed by atoms with Crippen LogP contribution < -0.4 is 29.1 Å². The molecule has 0 amide bonds. The van der Waals surface area contributed by atoms with Crippen molar-refractivity contribution in [3.8, 4) is 23.0 Å². The highest BCUT2D eigenvalue weighted by atomic mass is 32.2. The number of sulfonamides is 1. The zero-order valence-electron chi connectivity index (χ0n) is 19.8. The number of nitro groups is 1. The number of rotatable bonds is 11. The summed E-state index contributed by atoms with van der Waals surface area (Å²) in [5, 5.41) is 15.7. The maximum Gasteiger partial charge on any atom is 0.295 e. The molecule has 0 radical (unpaired) electrons. The molecule has 0 aliphatic carbocycles.